The SMILES string of the molecule is CN(CC(=O)NC1CCC(C(=O)O)CC1)S(=O)(=O)c1cccc([N+](=O)[O-])c1. The van der Waals surface area contributed by atoms with Crippen LogP contribution in [0.2, 0.25) is 0 Å². The summed E-state index contributed by atoms with van der Waals surface area (Å²) in [7, 11) is -2.84. The first-order valence-corrected chi connectivity index (χ1v) is 9.78. The molecule has 11 heteroatoms. The molecule has 1 aromatic carbocycles. The van der Waals surface area contributed by atoms with Crippen molar-refractivity contribution in [3.05, 3.63) is 34.4 Å². The lowest BCUT2D eigenvalue weighted by Gasteiger charge is -2.27. The van der Waals surface area contributed by atoms with E-state index in [9.17, 15) is 28.1 Å². The minimum absolute atomic E-state index is 0.193. The molecular weight excluding hydrogens is 378 g/mol. The third-order valence-electron chi connectivity index (χ3n) is 4.54. The van der Waals surface area contributed by atoms with Gasteiger partial charge in [-0.1, -0.05) is 6.07 Å². The molecule has 27 heavy (non-hydrogen) atoms. The van der Waals surface area contributed by atoms with E-state index in [-0.39, 0.29) is 16.6 Å². The van der Waals surface area contributed by atoms with E-state index in [4.69, 9.17) is 5.11 Å². The number of carboxylic acids is 1. The summed E-state index contributed by atoms with van der Waals surface area (Å²) in [5.41, 5.74) is -0.357. The molecule has 10 nitrogen and oxygen atoms in total. The van der Waals surface area contributed by atoms with Gasteiger partial charge in [-0.15, -0.1) is 0 Å². The molecule has 1 amide bonds. The highest BCUT2D eigenvalue weighted by Gasteiger charge is 2.28. The first-order chi connectivity index (χ1) is 12.6. The number of nitro groups is 1. The normalized spacial score (nSPS) is 20.2. The van der Waals surface area contributed by atoms with Gasteiger partial charge in [0.15, 0.2) is 0 Å². The second-order valence-corrected chi connectivity index (χ2v) is 8.51. The summed E-state index contributed by atoms with van der Waals surface area (Å²) in [6, 6.07) is 4.42. The van der Waals surface area contributed by atoms with E-state index in [1.807, 2.05) is 0 Å². The van der Waals surface area contributed by atoms with Crippen molar-refractivity contribution in [2.24, 2.45) is 5.92 Å². The van der Waals surface area contributed by atoms with Crippen LogP contribution in [0.1, 0.15) is 25.7 Å². The van der Waals surface area contributed by atoms with Crippen LogP contribution in [-0.4, -0.2) is 54.3 Å². The fraction of sp³-hybridized carbons (Fsp3) is 0.500. The first kappa shape index (κ1) is 20.8. The van der Waals surface area contributed by atoms with Gasteiger partial charge >= 0.3 is 5.97 Å². The van der Waals surface area contributed by atoms with Crippen LogP contribution in [0.3, 0.4) is 0 Å². The molecule has 148 valence electrons. The Morgan fingerprint density at radius 2 is 1.93 bits per heavy atom. The van der Waals surface area contributed by atoms with Gasteiger partial charge in [0.2, 0.25) is 15.9 Å². The lowest BCUT2D eigenvalue weighted by atomic mass is 9.86. The quantitative estimate of drug-likeness (QED) is 0.513. The predicted octanol–water partition coefficient (Wildman–Crippen LogP) is 0.975. The molecule has 0 aliphatic heterocycles. The number of sulfonamides is 1. The molecule has 0 radical (unpaired) electrons. The van der Waals surface area contributed by atoms with Crippen LogP contribution >= 0.6 is 0 Å². The lowest BCUT2D eigenvalue weighted by molar-refractivity contribution is -0.385. The highest BCUT2D eigenvalue weighted by molar-refractivity contribution is 7.89. The van der Waals surface area contributed by atoms with Crippen molar-refractivity contribution in [3.63, 3.8) is 0 Å². The molecule has 1 saturated carbocycles. The number of likely N-dealkylation sites (N-methyl/N-ethyl adjacent to an activating group) is 1. The summed E-state index contributed by atoms with van der Waals surface area (Å²) in [4.78, 5) is 32.9. The molecule has 0 saturated heterocycles. The smallest absolute Gasteiger partial charge is 0.306 e. The van der Waals surface area contributed by atoms with Gasteiger partial charge in [0.1, 0.15) is 0 Å². The van der Waals surface area contributed by atoms with E-state index in [0.29, 0.717) is 25.7 Å². The molecule has 0 atom stereocenters. The van der Waals surface area contributed by atoms with Gasteiger partial charge in [-0.2, -0.15) is 4.31 Å². The molecule has 1 fully saturated rings. The van der Waals surface area contributed by atoms with Crippen molar-refractivity contribution in [1.29, 1.82) is 0 Å². The summed E-state index contributed by atoms with van der Waals surface area (Å²) < 4.78 is 25.8. The summed E-state index contributed by atoms with van der Waals surface area (Å²) in [6.07, 6.45) is 1.96. The van der Waals surface area contributed by atoms with Gasteiger partial charge in [-0.3, -0.25) is 19.7 Å². The predicted molar refractivity (Wildman–Crippen MR) is 94.4 cm³/mol. The Labute approximate surface area is 156 Å². The van der Waals surface area contributed by atoms with Gasteiger partial charge in [-0.05, 0) is 31.7 Å². The van der Waals surface area contributed by atoms with E-state index in [1.165, 1.54) is 25.2 Å². The fourth-order valence-corrected chi connectivity index (χ4v) is 4.15. The molecule has 0 spiro atoms. The third kappa shape index (κ3) is 5.23. The Morgan fingerprint density at radius 3 is 2.48 bits per heavy atom. The van der Waals surface area contributed by atoms with Crippen LogP contribution < -0.4 is 5.32 Å². The Balaban J connectivity index is 1.96. The number of rotatable bonds is 7. The minimum atomic E-state index is -4.06. The number of amides is 1. The molecule has 0 aromatic heterocycles. The first-order valence-electron chi connectivity index (χ1n) is 8.34. The molecule has 1 aliphatic rings. The highest BCUT2D eigenvalue weighted by atomic mass is 32.2. The molecule has 0 bridgehead atoms. The van der Waals surface area contributed by atoms with Gasteiger partial charge in [-0.25, -0.2) is 8.42 Å². The van der Waals surface area contributed by atoms with E-state index >= 15 is 0 Å². The molecule has 0 unspecified atom stereocenters. The van der Waals surface area contributed by atoms with Crippen LogP contribution in [0.4, 0.5) is 5.69 Å². The maximum absolute atomic E-state index is 12.5. The number of aliphatic carboxylic acids is 1. The summed E-state index contributed by atoms with van der Waals surface area (Å²) in [6.45, 7) is -0.441. The van der Waals surface area contributed by atoms with Crippen LogP contribution in [0.15, 0.2) is 29.2 Å². The maximum Gasteiger partial charge on any atom is 0.306 e. The van der Waals surface area contributed by atoms with Gasteiger partial charge in [0.05, 0.1) is 22.3 Å². The maximum atomic E-state index is 12.5. The van der Waals surface area contributed by atoms with E-state index < -0.39 is 39.3 Å². The van der Waals surface area contributed by atoms with Crippen LogP contribution in [-0.2, 0) is 19.6 Å². The highest BCUT2D eigenvalue weighted by Crippen LogP contribution is 2.24. The van der Waals surface area contributed by atoms with E-state index in [1.54, 1.807) is 0 Å². The average molecular weight is 399 g/mol. The molecular formula is C16H21N3O7S. The Morgan fingerprint density at radius 1 is 1.30 bits per heavy atom. The monoisotopic (exact) mass is 399 g/mol. The number of hydrogen-bond acceptors (Lipinski definition) is 6. The van der Waals surface area contributed by atoms with Gasteiger partial charge in [0, 0.05) is 25.2 Å². The number of carbonyl (C=O) groups is 2. The van der Waals surface area contributed by atoms with Gasteiger partial charge < -0.3 is 10.4 Å². The van der Waals surface area contributed by atoms with Gasteiger partial charge in [0.25, 0.3) is 5.69 Å². The van der Waals surface area contributed by atoms with Crippen LogP contribution in [0, 0.1) is 16.0 Å². The molecule has 1 aromatic rings. The zero-order valence-corrected chi connectivity index (χ0v) is 15.5. The zero-order valence-electron chi connectivity index (χ0n) is 14.7. The third-order valence-corrected chi connectivity index (χ3v) is 6.34. The van der Waals surface area contributed by atoms with Crippen molar-refractivity contribution < 1.29 is 28.0 Å². The zero-order chi connectivity index (χ0) is 20.2. The Kier molecular flexibility index (Phi) is 6.50. The largest absolute Gasteiger partial charge is 0.481 e. The number of benzene rings is 1. The number of hydrogen-bond donors (Lipinski definition) is 2. The standard InChI is InChI=1S/C16H21N3O7S/c1-18(27(25,26)14-4-2-3-13(9-14)19(23)24)10-15(20)17-12-7-5-11(6-8-12)16(21)22/h2-4,9,11-12H,5-8,10H2,1H3,(H,17,20)(H,21,22). The summed E-state index contributed by atoms with van der Waals surface area (Å²) in [5, 5.41) is 22.5. The molecule has 0 heterocycles. The minimum Gasteiger partial charge on any atom is -0.481 e. The van der Waals surface area contributed by atoms with E-state index in [0.717, 1.165) is 10.4 Å². The fourth-order valence-electron chi connectivity index (χ4n) is 2.98. The lowest BCUT2D eigenvalue weighted by Crippen LogP contribution is -2.44. The number of nitrogens with one attached hydrogen (secondary N) is 1. The van der Waals surface area contributed by atoms with Crippen molar-refractivity contribution >= 4 is 27.6 Å². The Hall–Kier alpha value is -2.53. The second-order valence-electron chi connectivity index (χ2n) is 6.47. The summed E-state index contributed by atoms with van der Waals surface area (Å²) >= 11 is 0. The Bertz CT molecular complexity index is 832. The average Bonchev–Trinajstić information content (AvgIpc) is 2.62. The number of nitro benzene ring substituents is 1. The van der Waals surface area contributed by atoms with Crippen LogP contribution in [0.5, 0.6) is 0 Å². The number of carboxylic acid groups (broad SMARTS) is 1. The van der Waals surface area contributed by atoms with Crippen molar-refractivity contribution in [1.82, 2.24) is 9.62 Å². The number of carbonyl (C=O) groups excluding carboxylic acids is 1. The second kappa shape index (κ2) is 8.44. The summed E-state index contributed by atoms with van der Waals surface area (Å²) in [5.74, 6) is -1.76. The van der Waals surface area contributed by atoms with Crippen molar-refractivity contribution in [2.45, 2.75) is 36.6 Å². The van der Waals surface area contributed by atoms with Crippen molar-refractivity contribution in [3.8, 4) is 0 Å². The van der Waals surface area contributed by atoms with Crippen molar-refractivity contribution in [2.75, 3.05) is 13.6 Å². The van der Waals surface area contributed by atoms with Crippen LogP contribution in [0.25, 0.3) is 0 Å². The number of non-ortho nitro benzene ring substituents is 1. The molecule has 2 N–H and O–H groups in total. The topological polar surface area (TPSA) is 147 Å². The molecule has 1 aliphatic carbocycles. The molecule has 2 rings (SSSR count). The number of nitrogens with zero attached hydrogens (tertiary/aromatic N) is 2. The van der Waals surface area contributed by atoms with E-state index in [2.05, 4.69) is 5.32 Å².